The van der Waals surface area contributed by atoms with E-state index in [4.69, 9.17) is 16.1 Å². The minimum absolute atomic E-state index is 0.635. The molecule has 0 bridgehead atoms. The fourth-order valence-corrected chi connectivity index (χ4v) is 2.59. The summed E-state index contributed by atoms with van der Waals surface area (Å²) in [4.78, 5) is 7.59. The molecule has 5 nitrogen and oxygen atoms in total. The Hall–Kier alpha value is -1.43. The maximum Gasteiger partial charge on any atom is 0.282 e. The van der Waals surface area contributed by atoms with Gasteiger partial charge < -0.3 is 14.3 Å². The number of aromatic nitrogens is 2. The summed E-state index contributed by atoms with van der Waals surface area (Å²) in [6, 6.07) is 7.48. The molecule has 0 amide bonds. The molecular formula is C14H19ClN4O+2. The zero-order valence-electron chi connectivity index (χ0n) is 11.5. The van der Waals surface area contributed by atoms with Crippen molar-refractivity contribution < 1.29 is 14.3 Å². The van der Waals surface area contributed by atoms with Gasteiger partial charge in [0.05, 0.1) is 7.05 Å². The molecule has 106 valence electrons. The van der Waals surface area contributed by atoms with Gasteiger partial charge in [0.25, 0.3) is 5.89 Å². The molecule has 1 aliphatic rings. The SMILES string of the molecule is C[NH+]1CC[NH+](Cc2nc(-c3ccc(Cl)cc3)no2)CC1. The maximum absolute atomic E-state index is 5.88. The van der Waals surface area contributed by atoms with E-state index in [-0.39, 0.29) is 0 Å². The third-order valence-corrected chi connectivity index (χ3v) is 4.03. The van der Waals surface area contributed by atoms with E-state index in [9.17, 15) is 0 Å². The number of piperazine rings is 1. The number of quaternary nitrogens is 2. The van der Waals surface area contributed by atoms with Crippen LogP contribution in [-0.4, -0.2) is 43.4 Å². The summed E-state index contributed by atoms with van der Waals surface area (Å²) < 4.78 is 5.36. The smallest absolute Gasteiger partial charge is 0.282 e. The van der Waals surface area contributed by atoms with Crippen molar-refractivity contribution in [3.8, 4) is 11.4 Å². The summed E-state index contributed by atoms with van der Waals surface area (Å²) in [7, 11) is 2.24. The molecule has 3 rings (SSSR count). The van der Waals surface area contributed by atoms with Crippen LogP contribution in [0.1, 0.15) is 5.89 Å². The van der Waals surface area contributed by atoms with E-state index in [0.717, 1.165) is 25.2 Å². The first-order valence-corrected chi connectivity index (χ1v) is 7.32. The van der Waals surface area contributed by atoms with Crippen molar-refractivity contribution in [2.75, 3.05) is 33.2 Å². The van der Waals surface area contributed by atoms with Crippen LogP contribution in [0.15, 0.2) is 28.8 Å². The normalized spacial score (nSPS) is 22.9. The van der Waals surface area contributed by atoms with Crippen molar-refractivity contribution in [2.45, 2.75) is 6.54 Å². The Labute approximate surface area is 123 Å². The number of benzene rings is 1. The molecule has 0 unspecified atom stereocenters. The fourth-order valence-electron chi connectivity index (χ4n) is 2.46. The lowest BCUT2D eigenvalue weighted by Crippen LogP contribution is -3.26. The zero-order chi connectivity index (χ0) is 13.9. The third kappa shape index (κ3) is 3.17. The van der Waals surface area contributed by atoms with Crippen LogP contribution >= 0.6 is 11.6 Å². The molecule has 0 spiro atoms. The van der Waals surface area contributed by atoms with Crippen molar-refractivity contribution in [2.24, 2.45) is 0 Å². The predicted molar refractivity (Wildman–Crippen MR) is 75.8 cm³/mol. The Morgan fingerprint density at radius 1 is 1.15 bits per heavy atom. The van der Waals surface area contributed by atoms with Crippen LogP contribution in [0.4, 0.5) is 0 Å². The lowest BCUT2D eigenvalue weighted by molar-refractivity contribution is -1.01. The summed E-state index contributed by atoms with van der Waals surface area (Å²) in [6.45, 7) is 5.53. The van der Waals surface area contributed by atoms with Gasteiger partial charge in [-0.1, -0.05) is 16.8 Å². The highest BCUT2D eigenvalue weighted by molar-refractivity contribution is 6.30. The molecule has 0 saturated carbocycles. The summed E-state index contributed by atoms with van der Waals surface area (Å²) in [5.74, 6) is 1.35. The van der Waals surface area contributed by atoms with E-state index in [1.807, 2.05) is 24.3 Å². The van der Waals surface area contributed by atoms with Crippen LogP contribution in [0.3, 0.4) is 0 Å². The van der Waals surface area contributed by atoms with Gasteiger partial charge in [0.1, 0.15) is 26.2 Å². The molecular weight excluding hydrogens is 276 g/mol. The Balaban J connectivity index is 1.66. The van der Waals surface area contributed by atoms with Gasteiger partial charge in [0.15, 0.2) is 6.54 Å². The number of nitrogens with one attached hydrogen (secondary N) is 2. The van der Waals surface area contributed by atoms with Gasteiger partial charge in [0.2, 0.25) is 5.82 Å². The first-order chi connectivity index (χ1) is 9.70. The second kappa shape index (κ2) is 5.91. The number of halogens is 1. The minimum Gasteiger partial charge on any atom is -0.333 e. The maximum atomic E-state index is 5.88. The molecule has 2 aromatic rings. The molecule has 1 aromatic heterocycles. The molecule has 2 N–H and O–H groups in total. The van der Waals surface area contributed by atoms with Crippen molar-refractivity contribution in [3.05, 3.63) is 35.2 Å². The first-order valence-electron chi connectivity index (χ1n) is 6.94. The molecule has 1 aliphatic heterocycles. The summed E-state index contributed by atoms with van der Waals surface area (Å²) in [5.41, 5.74) is 0.933. The molecule has 0 aliphatic carbocycles. The van der Waals surface area contributed by atoms with Gasteiger partial charge >= 0.3 is 0 Å². The van der Waals surface area contributed by atoms with Gasteiger partial charge in [0, 0.05) is 10.6 Å². The van der Waals surface area contributed by atoms with Crippen LogP contribution in [-0.2, 0) is 6.54 Å². The van der Waals surface area contributed by atoms with E-state index in [2.05, 4.69) is 17.2 Å². The summed E-state index contributed by atoms with van der Waals surface area (Å²) in [6.07, 6.45) is 0. The van der Waals surface area contributed by atoms with E-state index < -0.39 is 0 Å². The standard InChI is InChI=1S/C14H17ClN4O/c1-18-6-8-19(9-7-18)10-13-16-14(17-20-13)11-2-4-12(15)5-3-11/h2-5H,6-10H2,1H3/p+2. The van der Waals surface area contributed by atoms with E-state index >= 15 is 0 Å². The second-order valence-electron chi connectivity index (χ2n) is 5.40. The highest BCUT2D eigenvalue weighted by Gasteiger charge is 2.22. The number of likely N-dealkylation sites (N-methyl/N-ethyl adjacent to an activating group) is 1. The van der Waals surface area contributed by atoms with Gasteiger partial charge in [-0.25, -0.2) is 0 Å². The van der Waals surface area contributed by atoms with Crippen molar-refractivity contribution >= 4 is 11.6 Å². The molecule has 6 heteroatoms. The molecule has 2 heterocycles. The van der Waals surface area contributed by atoms with Gasteiger partial charge in [-0.15, -0.1) is 0 Å². The molecule has 20 heavy (non-hydrogen) atoms. The lowest BCUT2D eigenvalue weighted by Gasteiger charge is -2.26. The van der Waals surface area contributed by atoms with Gasteiger partial charge in [-0.2, -0.15) is 4.98 Å². The van der Waals surface area contributed by atoms with Crippen LogP contribution in [0.2, 0.25) is 5.02 Å². The van der Waals surface area contributed by atoms with Crippen molar-refractivity contribution in [1.29, 1.82) is 0 Å². The van der Waals surface area contributed by atoms with E-state index in [1.165, 1.54) is 18.0 Å². The number of nitrogens with zero attached hydrogens (tertiary/aromatic N) is 2. The van der Waals surface area contributed by atoms with Crippen molar-refractivity contribution in [1.82, 2.24) is 10.1 Å². The van der Waals surface area contributed by atoms with Gasteiger partial charge in [-0.3, -0.25) is 0 Å². The van der Waals surface area contributed by atoms with Crippen LogP contribution < -0.4 is 9.80 Å². The highest BCUT2D eigenvalue weighted by atomic mass is 35.5. The monoisotopic (exact) mass is 294 g/mol. The molecule has 0 radical (unpaired) electrons. The topological polar surface area (TPSA) is 47.8 Å². The zero-order valence-corrected chi connectivity index (χ0v) is 12.3. The highest BCUT2D eigenvalue weighted by Crippen LogP contribution is 2.18. The average Bonchev–Trinajstić information content (AvgIpc) is 2.91. The van der Waals surface area contributed by atoms with Crippen molar-refractivity contribution in [3.63, 3.8) is 0 Å². The number of hydrogen-bond donors (Lipinski definition) is 2. The fraction of sp³-hybridized carbons (Fsp3) is 0.429. The summed E-state index contributed by atoms with van der Waals surface area (Å²) in [5, 5.41) is 4.76. The number of rotatable bonds is 3. The Kier molecular flexibility index (Phi) is 4.00. The van der Waals surface area contributed by atoms with Crippen LogP contribution in [0.25, 0.3) is 11.4 Å². The average molecular weight is 295 g/mol. The lowest BCUT2D eigenvalue weighted by atomic mass is 10.2. The third-order valence-electron chi connectivity index (χ3n) is 3.78. The first kappa shape index (κ1) is 13.5. The van der Waals surface area contributed by atoms with Crippen LogP contribution in [0, 0.1) is 0 Å². The molecule has 1 aromatic carbocycles. The molecule has 1 fully saturated rings. The Morgan fingerprint density at radius 2 is 1.85 bits per heavy atom. The predicted octanol–water partition coefficient (Wildman–Crippen LogP) is -0.697. The molecule has 0 atom stereocenters. The number of hydrogen-bond acceptors (Lipinski definition) is 3. The summed E-state index contributed by atoms with van der Waals surface area (Å²) >= 11 is 5.88. The van der Waals surface area contributed by atoms with E-state index in [1.54, 1.807) is 4.90 Å². The van der Waals surface area contributed by atoms with Crippen LogP contribution in [0.5, 0.6) is 0 Å². The Bertz CT molecular complexity index is 561. The van der Waals surface area contributed by atoms with Gasteiger partial charge in [-0.05, 0) is 24.3 Å². The largest absolute Gasteiger partial charge is 0.333 e. The molecule has 1 saturated heterocycles. The minimum atomic E-state index is 0.635. The second-order valence-corrected chi connectivity index (χ2v) is 5.84. The Morgan fingerprint density at radius 3 is 2.55 bits per heavy atom. The quantitative estimate of drug-likeness (QED) is 0.787. The van der Waals surface area contributed by atoms with E-state index in [0.29, 0.717) is 16.7 Å².